The Hall–Kier alpha value is -2.95. The van der Waals surface area contributed by atoms with Gasteiger partial charge in [0.25, 0.3) is 0 Å². The highest BCUT2D eigenvalue weighted by molar-refractivity contribution is 7.89. The van der Waals surface area contributed by atoms with E-state index in [1.807, 2.05) is 24.3 Å². The first-order valence-electron chi connectivity index (χ1n) is 9.61. The number of carbonyl (C=O) groups is 2. The van der Waals surface area contributed by atoms with Crippen molar-refractivity contribution in [3.8, 4) is 0 Å². The molecule has 1 N–H and O–H groups in total. The van der Waals surface area contributed by atoms with E-state index in [1.54, 1.807) is 29.6 Å². The second-order valence-corrected chi connectivity index (χ2v) is 9.84. The van der Waals surface area contributed by atoms with E-state index < -0.39 is 16.0 Å². The molecule has 1 aliphatic rings. The molecule has 0 spiro atoms. The van der Waals surface area contributed by atoms with Crippen molar-refractivity contribution < 1.29 is 22.7 Å². The number of rotatable bonds is 4. The van der Waals surface area contributed by atoms with Gasteiger partial charge >= 0.3 is 12.0 Å². The number of benzene rings is 2. The topological polar surface area (TPSA) is 96.0 Å². The zero-order valence-electron chi connectivity index (χ0n) is 16.8. The minimum atomic E-state index is -3.66. The van der Waals surface area contributed by atoms with Crippen molar-refractivity contribution in [2.24, 2.45) is 0 Å². The lowest BCUT2D eigenvalue weighted by molar-refractivity contribution is 0.0607. The van der Waals surface area contributed by atoms with Gasteiger partial charge in [0.05, 0.1) is 17.7 Å². The van der Waals surface area contributed by atoms with Gasteiger partial charge in [-0.1, -0.05) is 30.3 Å². The first-order valence-corrected chi connectivity index (χ1v) is 11.9. The molecule has 0 unspecified atom stereocenters. The molecular weight excluding hydrogens is 438 g/mol. The Labute approximate surface area is 184 Å². The van der Waals surface area contributed by atoms with E-state index >= 15 is 0 Å². The molecule has 0 bridgehead atoms. The maximum Gasteiger partial charge on any atom is 0.350 e. The first-order chi connectivity index (χ1) is 14.9. The first kappa shape index (κ1) is 21.3. The smallest absolute Gasteiger partial charge is 0.350 e. The van der Waals surface area contributed by atoms with Crippen molar-refractivity contribution in [1.29, 1.82) is 0 Å². The molecule has 31 heavy (non-hydrogen) atoms. The average Bonchev–Trinajstić information content (AvgIpc) is 3.26. The molecule has 1 fully saturated rings. The summed E-state index contributed by atoms with van der Waals surface area (Å²) in [6, 6.07) is 13.9. The van der Waals surface area contributed by atoms with Gasteiger partial charge in [0.15, 0.2) is 0 Å². The van der Waals surface area contributed by atoms with E-state index in [0.717, 1.165) is 10.8 Å². The maximum atomic E-state index is 13.1. The SMILES string of the molecule is COC(=O)c1sccc1NC(=O)N1CCN(S(=O)(=O)c2ccc3ccccc3c2)CC1. The van der Waals surface area contributed by atoms with Crippen LogP contribution in [-0.2, 0) is 14.8 Å². The van der Waals surface area contributed by atoms with Crippen LogP contribution in [-0.4, -0.2) is 62.9 Å². The second-order valence-electron chi connectivity index (χ2n) is 6.99. The predicted molar refractivity (Wildman–Crippen MR) is 119 cm³/mol. The molecule has 4 rings (SSSR count). The number of urea groups is 1. The fourth-order valence-corrected chi connectivity index (χ4v) is 5.69. The lowest BCUT2D eigenvalue weighted by Gasteiger charge is -2.34. The highest BCUT2D eigenvalue weighted by Gasteiger charge is 2.30. The number of hydrogen-bond acceptors (Lipinski definition) is 6. The van der Waals surface area contributed by atoms with Gasteiger partial charge in [-0.15, -0.1) is 11.3 Å². The Kier molecular flexibility index (Phi) is 5.94. The van der Waals surface area contributed by atoms with Gasteiger partial charge in [-0.25, -0.2) is 18.0 Å². The Morgan fingerprint density at radius 3 is 2.42 bits per heavy atom. The number of anilines is 1. The number of fused-ring (bicyclic) bond motifs is 1. The van der Waals surface area contributed by atoms with E-state index in [2.05, 4.69) is 5.32 Å². The number of carbonyl (C=O) groups excluding carboxylic acids is 2. The standard InChI is InChI=1S/C21H21N3O5S2/c1-29-20(25)19-18(8-13-30-19)22-21(26)23-9-11-24(12-10-23)31(27,28)17-7-6-15-4-2-3-5-16(15)14-17/h2-8,13-14H,9-12H2,1H3,(H,22,26). The van der Waals surface area contributed by atoms with Gasteiger partial charge in [0.1, 0.15) is 4.88 Å². The number of thiophene rings is 1. The lowest BCUT2D eigenvalue weighted by atomic mass is 10.1. The summed E-state index contributed by atoms with van der Waals surface area (Å²) in [4.78, 5) is 26.5. The van der Waals surface area contributed by atoms with Crippen LogP contribution in [0.4, 0.5) is 10.5 Å². The number of amides is 2. The molecule has 10 heteroatoms. The minimum Gasteiger partial charge on any atom is -0.465 e. The van der Waals surface area contributed by atoms with E-state index in [1.165, 1.54) is 27.7 Å². The highest BCUT2D eigenvalue weighted by atomic mass is 32.2. The van der Waals surface area contributed by atoms with Crippen LogP contribution in [0, 0.1) is 0 Å². The van der Waals surface area contributed by atoms with Gasteiger partial charge in [0.2, 0.25) is 10.0 Å². The summed E-state index contributed by atoms with van der Waals surface area (Å²) in [5.41, 5.74) is 0.382. The molecule has 0 atom stereocenters. The number of methoxy groups -OCH3 is 1. The fraction of sp³-hybridized carbons (Fsp3) is 0.238. The number of esters is 1. The van der Waals surface area contributed by atoms with Crippen molar-refractivity contribution in [1.82, 2.24) is 9.21 Å². The number of sulfonamides is 1. The molecule has 0 radical (unpaired) electrons. The predicted octanol–water partition coefficient (Wildman–Crippen LogP) is 3.23. The molecule has 1 aliphatic heterocycles. The van der Waals surface area contributed by atoms with Crippen molar-refractivity contribution >= 4 is 49.8 Å². The molecule has 2 aromatic carbocycles. The van der Waals surface area contributed by atoms with Gasteiger partial charge in [-0.05, 0) is 34.4 Å². The van der Waals surface area contributed by atoms with E-state index in [9.17, 15) is 18.0 Å². The molecule has 8 nitrogen and oxygen atoms in total. The van der Waals surface area contributed by atoms with E-state index in [-0.39, 0.29) is 37.1 Å². The number of ether oxygens (including phenoxy) is 1. The van der Waals surface area contributed by atoms with E-state index in [0.29, 0.717) is 10.6 Å². The van der Waals surface area contributed by atoms with Crippen LogP contribution in [0.15, 0.2) is 58.8 Å². The monoisotopic (exact) mass is 459 g/mol. The summed E-state index contributed by atoms with van der Waals surface area (Å²) in [5.74, 6) is -0.517. The quantitative estimate of drug-likeness (QED) is 0.605. The van der Waals surface area contributed by atoms with E-state index in [4.69, 9.17) is 4.74 Å². The molecule has 0 aliphatic carbocycles. The van der Waals surface area contributed by atoms with Crippen molar-refractivity contribution in [3.63, 3.8) is 0 Å². The summed E-state index contributed by atoms with van der Waals surface area (Å²) < 4.78 is 32.3. The van der Waals surface area contributed by atoms with Crippen molar-refractivity contribution in [2.75, 3.05) is 38.6 Å². The third-order valence-corrected chi connectivity index (χ3v) is 7.95. The van der Waals surface area contributed by atoms with Crippen LogP contribution < -0.4 is 5.32 Å². The number of nitrogens with one attached hydrogen (secondary N) is 1. The Morgan fingerprint density at radius 2 is 1.71 bits per heavy atom. The Morgan fingerprint density at radius 1 is 1.00 bits per heavy atom. The van der Waals surface area contributed by atoms with Gasteiger partial charge in [-0.3, -0.25) is 0 Å². The highest BCUT2D eigenvalue weighted by Crippen LogP contribution is 2.25. The summed E-state index contributed by atoms with van der Waals surface area (Å²) >= 11 is 1.18. The van der Waals surface area contributed by atoms with Gasteiger partial charge < -0.3 is 15.0 Å². The molecule has 3 aromatic rings. The van der Waals surface area contributed by atoms with Crippen LogP contribution in [0.2, 0.25) is 0 Å². The fourth-order valence-electron chi connectivity index (χ4n) is 3.46. The zero-order valence-corrected chi connectivity index (χ0v) is 18.4. The van der Waals surface area contributed by atoms with Crippen LogP contribution in [0.5, 0.6) is 0 Å². The van der Waals surface area contributed by atoms with Crippen molar-refractivity contribution in [3.05, 3.63) is 58.8 Å². The largest absolute Gasteiger partial charge is 0.465 e. The summed E-state index contributed by atoms with van der Waals surface area (Å²) in [5, 5.41) is 6.23. The minimum absolute atomic E-state index is 0.191. The summed E-state index contributed by atoms with van der Waals surface area (Å²) in [6.07, 6.45) is 0. The van der Waals surface area contributed by atoms with Crippen LogP contribution >= 0.6 is 11.3 Å². The van der Waals surface area contributed by atoms with Gasteiger partial charge in [0, 0.05) is 26.2 Å². The third-order valence-electron chi connectivity index (χ3n) is 5.16. The molecule has 1 saturated heterocycles. The molecule has 1 aromatic heterocycles. The maximum absolute atomic E-state index is 13.1. The molecule has 2 amide bonds. The number of hydrogen-bond donors (Lipinski definition) is 1. The molecule has 162 valence electrons. The van der Waals surface area contributed by atoms with Crippen LogP contribution in [0.25, 0.3) is 10.8 Å². The zero-order chi connectivity index (χ0) is 22.0. The number of nitrogens with zero attached hydrogens (tertiary/aromatic N) is 2. The summed E-state index contributed by atoms with van der Waals surface area (Å²) in [7, 11) is -2.38. The van der Waals surface area contributed by atoms with Crippen molar-refractivity contribution in [2.45, 2.75) is 4.90 Å². The average molecular weight is 460 g/mol. The normalized spacial score (nSPS) is 15.1. The van der Waals surface area contributed by atoms with Gasteiger partial charge in [-0.2, -0.15) is 4.31 Å². The molecular formula is C21H21N3O5S2. The molecule has 0 saturated carbocycles. The Bertz CT molecular complexity index is 1230. The lowest BCUT2D eigenvalue weighted by Crippen LogP contribution is -2.51. The second kappa shape index (κ2) is 8.66. The van der Waals surface area contributed by atoms with Crippen LogP contribution in [0.1, 0.15) is 9.67 Å². The Balaban J connectivity index is 1.42. The van der Waals surface area contributed by atoms with Crippen LogP contribution in [0.3, 0.4) is 0 Å². The third kappa shape index (κ3) is 4.27. The number of piperazine rings is 1. The molecule has 2 heterocycles. The summed E-state index contributed by atoms with van der Waals surface area (Å²) in [6.45, 7) is 0.874.